The van der Waals surface area contributed by atoms with Gasteiger partial charge in [-0.2, -0.15) is 0 Å². The highest BCUT2D eigenvalue weighted by Crippen LogP contribution is 2.24. The minimum Gasteiger partial charge on any atom is -0.383 e. The van der Waals surface area contributed by atoms with Crippen LogP contribution >= 0.6 is 15.9 Å². The van der Waals surface area contributed by atoms with E-state index in [1.165, 1.54) is 0 Å². The van der Waals surface area contributed by atoms with Crippen LogP contribution in [0.25, 0.3) is 0 Å². The first-order valence-electron chi connectivity index (χ1n) is 5.75. The lowest BCUT2D eigenvalue weighted by Crippen LogP contribution is -2.07. The van der Waals surface area contributed by atoms with E-state index in [2.05, 4.69) is 30.8 Å². The summed E-state index contributed by atoms with van der Waals surface area (Å²) in [5.74, 6) is 0.830. The lowest BCUT2D eigenvalue weighted by Gasteiger charge is -2.10. The van der Waals surface area contributed by atoms with Gasteiger partial charge in [0.2, 0.25) is 5.95 Å². The van der Waals surface area contributed by atoms with Gasteiger partial charge in [-0.1, -0.05) is 12.1 Å². The second-order valence-electron chi connectivity index (χ2n) is 4.00. The van der Waals surface area contributed by atoms with Crippen molar-refractivity contribution < 1.29 is 4.74 Å². The normalized spacial score (nSPS) is 10.6. The van der Waals surface area contributed by atoms with E-state index >= 15 is 0 Å². The van der Waals surface area contributed by atoms with Gasteiger partial charge in [0.1, 0.15) is 0 Å². The number of methoxy groups -OCH3 is 1. The molecule has 18 heavy (non-hydrogen) atoms. The van der Waals surface area contributed by atoms with Gasteiger partial charge >= 0.3 is 0 Å². The second-order valence-corrected chi connectivity index (χ2v) is 4.85. The molecule has 0 atom stereocenters. The molecular weight excluding hydrogens is 294 g/mol. The van der Waals surface area contributed by atoms with Crippen molar-refractivity contribution in [2.45, 2.75) is 13.5 Å². The quantitative estimate of drug-likeness (QED) is 0.920. The molecule has 0 saturated heterocycles. The van der Waals surface area contributed by atoms with Crippen LogP contribution in [0.4, 0.5) is 11.6 Å². The molecule has 0 unspecified atom stereocenters. The van der Waals surface area contributed by atoms with Crippen LogP contribution in [0.5, 0.6) is 0 Å². The number of rotatable bonds is 5. The van der Waals surface area contributed by atoms with Crippen LogP contribution in [0.2, 0.25) is 0 Å². The topological polar surface area (TPSA) is 39.1 Å². The maximum absolute atomic E-state index is 5.10. The molecule has 0 aliphatic rings. The molecule has 0 radical (unpaired) electrons. The third-order valence-electron chi connectivity index (χ3n) is 2.55. The number of aryl methyl sites for hydroxylation is 1. The van der Waals surface area contributed by atoms with Gasteiger partial charge in [-0.15, -0.1) is 0 Å². The molecule has 1 aromatic carbocycles. The Bertz CT molecular complexity index is 525. The summed E-state index contributed by atoms with van der Waals surface area (Å²) in [5, 5.41) is 3.32. The van der Waals surface area contributed by atoms with Gasteiger partial charge in [0.15, 0.2) is 0 Å². The van der Waals surface area contributed by atoms with E-state index in [-0.39, 0.29) is 0 Å². The molecule has 96 valence electrons. The van der Waals surface area contributed by atoms with Crippen LogP contribution in [0.1, 0.15) is 5.69 Å². The molecule has 4 nitrogen and oxygen atoms in total. The Morgan fingerprint density at radius 3 is 2.89 bits per heavy atom. The van der Waals surface area contributed by atoms with Crippen molar-refractivity contribution in [2.75, 3.05) is 19.0 Å². The van der Waals surface area contributed by atoms with Gasteiger partial charge in [0.25, 0.3) is 0 Å². The Hall–Kier alpha value is -1.33. The molecule has 0 fully saturated rings. The SMILES string of the molecule is COCCn1cc(C)nc1Nc1ccccc1Br. The van der Waals surface area contributed by atoms with Gasteiger partial charge in [0, 0.05) is 24.3 Å². The smallest absolute Gasteiger partial charge is 0.207 e. The lowest BCUT2D eigenvalue weighted by atomic mass is 10.3. The third kappa shape index (κ3) is 3.11. The van der Waals surface area contributed by atoms with E-state index in [1.54, 1.807) is 7.11 Å². The maximum Gasteiger partial charge on any atom is 0.207 e. The van der Waals surface area contributed by atoms with Crippen LogP contribution < -0.4 is 5.32 Å². The highest BCUT2D eigenvalue weighted by atomic mass is 79.9. The number of benzene rings is 1. The van der Waals surface area contributed by atoms with Crippen LogP contribution in [0, 0.1) is 6.92 Å². The molecule has 5 heteroatoms. The standard InChI is InChI=1S/C13H16BrN3O/c1-10-9-17(7-8-18-2)13(15-10)16-12-6-4-3-5-11(12)14/h3-6,9H,7-8H2,1-2H3,(H,15,16). The average Bonchev–Trinajstić information content (AvgIpc) is 2.70. The van der Waals surface area contributed by atoms with Gasteiger partial charge in [-0.05, 0) is 35.0 Å². The zero-order chi connectivity index (χ0) is 13.0. The second kappa shape index (κ2) is 6.02. The molecule has 0 saturated carbocycles. The zero-order valence-corrected chi connectivity index (χ0v) is 12.1. The summed E-state index contributed by atoms with van der Waals surface area (Å²) < 4.78 is 8.17. The van der Waals surface area contributed by atoms with Gasteiger partial charge < -0.3 is 14.6 Å². The molecule has 2 aromatic rings. The van der Waals surface area contributed by atoms with Gasteiger partial charge in [-0.25, -0.2) is 4.98 Å². The minimum absolute atomic E-state index is 0.667. The number of nitrogens with one attached hydrogen (secondary N) is 1. The first-order valence-corrected chi connectivity index (χ1v) is 6.54. The molecule has 0 bridgehead atoms. The third-order valence-corrected chi connectivity index (χ3v) is 3.25. The van der Waals surface area contributed by atoms with Crippen LogP contribution in [0.3, 0.4) is 0 Å². The Labute approximate surface area is 115 Å². The monoisotopic (exact) mass is 309 g/mol. The number of imidazole rings is 1. The summed E-state index contributed by atoms with van der Waals surface area (Å²) in [7, 11) is 1.70. The van der Waals surface area contributed by atoms with Crippen molar-refractivity contribution in [2.24, 2.45) is 0 Å². The number of nitrogens with zero attached hydrogens (tertiary/aromatic N) is 2. The predicted molar refractivity (Wildman–Crippen MR) is 76.3 cm³/mol. The summed E-state index contributed by atoms with van der Waals surface area (Å²) in [4.78, 5) is 4.48. The van der Waals surface area contributed by atoms with E-state index in [9.17, 15) is 0 Å². The number of ether oxygens (including phenoxy) is 1. The fourth-order valence-corrected chi connectivity index (χ4v) is 2.07. The molecule has 1 aromatic heterocycles. The van der Waals surface area contributed by atoms with Gasteiger partial charge in [0.05, 0.1) is 18.0 Å². The van der Waals surface area contributed by atoms with Crippen LogP contribution in [-0.4, -0.2) is 23.3 Å². The number of hydrogen-bond acceptors (Lipinski definition) is 3. The van der Waals surface area contributed by atoms with Crippen LogP contribution in [0.15, 0.2) is 34.9 Å². The fourth-order valence-electron chi connectivity index (χ4n) is 1.69. The van der Waals surface area contributed by atoms with E-state index < -0.39 is 0 Å². The maximum atomic E-state index is 5.10. The summed E-state index contributed by atoms with van der Waals surface area (Å²) in [5.41, 5.74) is 1.99. The average molecular weight is 310 g/mol. The van der Waals surface area contributed by atoms with Gasteiger partial charge in [-0.3, -0.25) is 0 Å². The molecule has 0 amide bonds. The number of hydrogen-bond donors (Lipinski definition) is 1. The molecular formula is C13H16BrN3O. The molecule has 1 heterocycles. The molecule has 2 rings (SSSR count). The van der Waals surface area contributed by atoms with Crippen molar-refractivity contribution in [1.82, 2.24) is 9.55 Å². The van der Waals surface area contributed by atoms with E-state index in [0.717, 1.165) is 28.3 Å². The summed E-state index contributed by atoms with van der Waals surface area (Å²) in [6.45, 7) is 3.43. The lowest BCUT2D eigenvalue weighted by molar-refractivity contribution is 0.188. The van der Waals surface area contributed by atoms with E-state index in [0.29, 0.717) is 6.61 Å². The number of aromatic nitrogens is 2. The Balaban J connectivity index is 2.20. The van der Waals surface area contributed by atoms with E-state index in [4.69, 9.17) is 4.74 Å². The number of para-hydroxylation sites is 1. The summed E-state index contributed by atoms with van der Waals surface area (Å²) in [6.07, 6.45) is 2.01. The fraction of sp³-hybridized carbons (Fsp3) is 0.308. The Morgan fingerprint density at radius 2 is 2.17 bits per heavy atom. The first kappa shape index (κ1) is 13.1. The largest absolute Gasteiger partial charge is 0.383 e. The summed E-state index contributed by atoms with van der Waals surface area (Å²) >= 11 is 3.51. The van der Waals surface area contributed by atoms with Crippen molar-refractivity contribution in [3.63, 3.8) is 0 Å². The number of halogens is 1. The molecule has 1 N–H and O–H groups in total. The highest BCUT2D eigenvalue weighted by Gasteiger charge is 2.07. The molecule has 0 aliphatic heterocycles. The predicted octanol–water partition coefficient (Wildman–Crippen LogP) is 3.34. The van der Waals surface area contributed by atoms with E-state index in [1.807, 2.05) is 37.4 Å². The Morgan fingerprint density at radius 1 is 1.39 bits per heavy atom. The van der Waals surface area contributed by atoms with Crippen molar-refractivity contribution in [3.05, 3.63) is 40.6 Å². The highest BCUT2D eigenvalue weighted by molar-refractivity contribution is 9.10. The Kier molecular flexibility index (Phi) is 4.38. The number of anilines is 2. The van der Waals surface area contributed by atoms with Crippen molar-refractivity contribution in [1.29, 1.82) is 0 Å². The molecule has 0 aliphatic carbocycles. The minimum atomic E-state index is 0.667. The van der Waals surface area contributed by atoms with Crippen LogP contribution in [-0.2, 0) is 11.3 Å². The first-order chi connectivity index (χ1) is 8.70. The van der Waals surface area contributed by atoms with Crippen molar-refractivity contribution in [3.8, 4) is 0 Å². The summed E-state index contributed by atoms with van der Waals surface area (Å²) in [6, 6.07) is 7.98. The molecule has 0 spiro atoms. The zero-order valence-electron chi connectivity index (χ0n) is 10.5. The van der Waals surface area contributed by atoms with Crippen molar-refractivity contribution >= 4 is 27.6 Å².